The van der Waals surface area contributed by atoms with Crippen LogP contribution in [0.25, 0.3) is 5.65 Å². The number of aromatic nitrogens is 2. The smallest absolute Gasteiger partial charge is 0.381 e. The van der Waals surface area contributed by atoms with E-state index in [0.29, 0.717) is 5.46 Å². The molecule has 0 radical (unpaired) electrons. The van der Waals surface area contributed by atoms with E-state index in [4.69, 9.17) is 16.7 Å². The van der Waals surface area contributed by atoms with Gasteiger partial charge in [0.2, 0.25) is 0 Å². The lowest BCUT2D eigenvalue weighted by atomic mass is 9.96. The van der Waals surface area contributed by atoms with Crippen LogP contribution in [0.2, 0.25) is 5.02 Å². The zero-order chi connectivity index (χ0) is 22.1. The van der Waals surface area contributed by atoms with Crippen LogP contribution < -0.4 is 16.3 Å². The third-order valence-corrected chi connectivity index (χ3v) is 4.39. The van der Waals surface area contributed by atoms with Crippen LogP contribution in [0.1, 0.15) is 10.4 Å². The average molecular weight is 445 g/mol. The highest BCUT2D eigenvalue weighted by Gasteiger charge is 2.38. The topological polar surface area (TPSA) is 87.9 Å². The molecule has 1 aromatic carbocycles. The number of hydrogen-bond acceptors (Lipinski definition) is 5. The van der Waals surface area contributed by atoms with Crippen molar-refractivity contribution in [2.45, 2.75) is 12.3 Å². The van der Waals surface area contributed by atoms with Crippen LogP contribution in [0.5, 0.6) is 0 Å². The fraction of sp³-hybridized carbons (Fsp3) is 0.176. The quantitative estimate of drug-likeness (QED) is 0.306. The van der Waals surface area contributed by atoms with Crippen molar-refractivity contribution in [3.05, 3.63) is 53.2 Å². The third-order valence-electron chi connectivity index (χ3n) is 4.03. The highest BCUT2D eigenvalue weighted by Crippen LogP contribution is 2.33. The number of rotatable bonds is 6. The van der Waals surface area contributed by atoms with Gasteiger partial charge in [0.15, 0.2) is 11.8 Å². The van der Waals surface area contributed by atoms with E-state index in [-0.39, 0.29) is 27.6 Å². The van der Waals surface area contributed by atoms with Crippen molar-refractivity contribution in [3.63, 3.8) is 0 Å². The molecule has 3 aromatic rings. The van der Waals surface area contributed by atoms with Gasteiger partial charge in [0.25, 0.3) is 5.91 Å². The number of benzene rings is 1. The molecule has 158 valence electrons. The summed E-state index contributed by atoms with van der Waals surface area (Å²) in [5.74, 6) is -1.58. The lowest BCUT2D eigenvalue weighted by Gasteiger charge is -2.17. The number of fused-ring (bicyclic) bond motifs is 1. The number of aliphatic hydroxyl groups is 1. The Balaban J connectivity index is 1.91. The number of carbonyl (C=O) groups is 1. The summed E-state index contributed by atoms with van der Waals surface area (Å²) < 4.78 is 52.7. The first-order valence-corrected chi connectivity index (χ1v) is 8.81. The highest BCUT2D eigenvalue weighted by molar-refractivity contribution is 6.37. The van der Waals surface area contributed by atoms with E-state index in [9.17, 15) is 22.4 Å². The van der Waals surface area contributed by atoms with Gasteiger partial charge < -0.3 is 14.8 Å². The van der Waals surface area contributed by atoms with Crippen molar-refractivity contribution >= 4 is 47.8 Å². The van der Waals surface area contributed by atoms with E-state index < -0.39 is 30.6 Å². The third kappa shape index (κ3) is 4.66. The summed E-state index contributed by atoms with van der Waals surface area (Å²) in [6.07, 6.45) is -3.49. The molecule has 1 unspecified atom stereocenters. The number of hydrogen-bond donors (Lipinski definition) is 3. The van der Waals surface area contributed by atoms with Gasteiger partial charge in [-0.05, 0) is 12.1 Å². The molecule has 1 amide bonds. The number of amides is 1. The van der Waals surface area contributed by atoms with Crippen LogP contribution in [-0.4, -0.2) is 47.1 Å². The average Bonchev–Trinajstić information content (AvgIpc) is 3.13. The summed E-state index contributed by atoms with van der Waals surface area (Å²) in [7, 11) is 1.70. The first-order chi connectivity index (χ1) is 14.1. The Labute approximate surface area is 173 Å². The van der Waals surface area contributed by atoms with Gasteiger partial charge in [-0.1, -0.05) is 23.1 Å². The molecule has 0 spiro atoms. The van der Waals surface area contributed by atoms with E-state index in [1.165, 1.54) is 35.1 Å². The minimum Gasteiger partial charge on any atom is -0.381 e. The minimum atomic E-state index is -4.90. The molecule has 0 bridgehead atoms. The maximum atomic E-state index is 14.3. The molecule has 30 heavy (non-hydrogen) atoms. The first kappa shape index (κ1) is 21.9. The van der Waals surface area contributed by atoms with Crippen LogP contribution in [0.3, 0.4) is 0 Å². The largest absolute Gasteiger partial charge is 0.416 e. The molecule has 0 aliphatic carbocycles. The molecule has 0 fully saturated rings. The summed E-state index contributed by atoms with van der Waals surface area (Å²) in [5, 5.41) is 11.6. The van der Waals surface area contributed by atoms with Crippen LogP contribution in [0, 0.1) is 5.82 Å². The van der Waals surface area contributed by atoms with Gasteiger partial charge in [-0.2, -0.15) is 13.2 Å². The van der Waals surface area contributed by atoms with Crippen molar-refractivity contribution in [1.82, 2.24) is 14.9 Å². The van der Waals surface area contributed by atoms with Gasteiger partial charge in [0.05, 0.1) is 16.9 Å². The van der Waals surface area contributed by atoms with Gasteiger partial charge in [0.1, 0.15) is 25.3 Å². The molecule has 3 N–H and O–H groups in total. The van der Waals surface area contributed by atoms with Gasteiger partial charge in [-0.15, -0.1) is 0 Å². The van der Waals surface area contributed by atoms with Crippen LogP contribution >= 0.6 is 11.6 Å². The van der Waals surface area contributed by atoms with Crippen molar-refractivity contribution in [2.75, 3.05) is 11.9 Å². The van der Waals surface area contributed by atoms with E-state index in [2.05, 4.69) is 15.1 Å². The fourth-order valence-corrected chi connectivity index (χ4v) is 2.80. The molecule has 3 rings (SSSR count). The standard InChI is InChI=1S/C17H14BClF4N4O3/c18-8-1-2-11(10(20)5-8)25-14-9(6-27-4-3-24-15(27)13(14)19)16(29)26-30-7-12(28)17(21,22)23/h1-6,12,25,28H,7,18H2,(H,26,29). The number of anilines is 2. The number of carbonyl (C=O) groups excluding carboxylic acids is 1. The number of aliphatic hydroxyl groups excluding tert-OH is 1. The Bertz CT molecular complexity index is 1090. The van der Waals surface area contributed by atoms with Crippen molar-refractivity contribution in [2.24, 2.45) is 0 Å². The van der Waals surface area contributed by atoms with Crippen LogP contribution in [0.15, 0.2) is 36.8 Å². The zero-order valence-electron chi connectivity index (χ0n) is 15.3. The number of hydroxylamine groups is 1. The Hall–Kier alpha value is -2.83. The SMILES string of the molecule is Bc1ccc(Nc2c(C(=O)NOCC(O)C(F)(F)F)cn3ccnc3c2Cl)c(F)c1. The predicted octanol–water partition coefficient (Wildman–Crippen LogP) is 1.71. The molecular weight excluding hydrogens is 430 g/mol. The number of imidazole rings is 1. The lowest BCUT2D eigenvalue weighted by Crippen LogP contribution is -2.36. The maximum Gasteiger partial charge on any atom is 0.416 e. The number of nitrogens with zero attached hydrogens (tertiary/aromatic N) is 2. The number of alkyl halides is 3. The van der Waals surface area contributed by atoms with E-state index in [1.807, 2.05) is 5.48 Å². The van der Waals surface area contributed by atoms with E-state index in [1.54, 1.807) is 13.9 Å². The Morgan fingerprint density at radius 3 is 2.80 bits per heavy atom. The fourth-order valence-electron chi connectivity index (χ4n) is 2.51. The molecule has 0 saturated carbocycles. The van der Waals surface area contributed by atoms with Crippen molar-refractivity contribution in [1.29, 1.82) is 0 Å². The lowest BCUT2D eigenvalue weighted by molar-refractivity contribution is -0.221. The Kier molecular flexibility index (Phi) is 6.20. The van der Waals surface area contributed by atoms with Gasteiger partial charge >= 0.3 is 6.18 Å². The summed E-state index contributed by atoms with van der Waals surface area (Å²) in [6, 6.07) is 4.34. The van der Waals surface area contributed by atoms with Gasteiger partial charge in [0, 0.05) is 18.6 Å². The molecule has 0 aliphatic rings. The van der Waals surface area contributed by atoms with Gasteiger partial charge in [-0.25, -0.2) is 14.9 Å². The second kappa shape index (κ2) is 8.50. The van der Waals surface area contributed by atoms with E-state index in [0.717, 1.165) is 0 Å². The Morgan fingerprint density at radius 2 is 2.13 bits per heavy atom. The predicted molar refractivity (Wildman–Crippen MR) is 104 cm³/mol. The molecule has 2 heterocycles. The number of nitrogens with one attached hydrogen (secondary N) is 2. The van der Waals surface area contributed by atoms with Crippen LogP contribution in [-0.2, 0) is 4.84 Å². The highest BCUT2D eigenvalue weighted by atomic mass is 35.5. The molecule has 13 heteroatoms. The summed E-state index contributed by atoms with van der Waals surface area (Å²) in [4.78, 5) is 21.0. The molecule has 7 nitrogen and oxygen atoms in total. The second-order valence-corrected chi connectivity index (χ2v) is 6.68. The summed E-state index contributed by atoms with van der Waals surface area (Å²) in [6.45, 7) is -1.22. The molecule has 0 aliphatic heterocycles. The van der Waals surface area contributed by atoms with Gasteiger partial charge in [-0.3, -0.25) is 9.63 Å². The Morgan fingerprint density at radius 1 is 1.40 bits per heavy atom. The summed E-state index contributed by atoms with van der Waals surface area (Å²) in [5.41, 5.74) is 2.56. The molecular formula is C17H14BClF4N4O3. The molecule has 1 atom stereocenters. The molecule has 2 aromatic heterocycles. The van der Waals surface area contributed by atoms with Crippen LogP contribution in [0.4, 0.5) is 28.9 Å². The number of halogens is 5. The second-order valence-electron chi connectivity index (χ2n) is 6.30. The first-order valence-electron chi connectivity index (χ1n) is 8.43. The maximum absolute atomic E-state index is 14.3. The normalized spacial score (nSPS) is 12.7. The van der Waals surface area contributed by atoms with Crippen molar-refractivity contribution in [3.8, 4) is 0 Å². The van der Waals surface area contributed by atoms with Crippen molar-refractivity contribution < 1.29 is 32.3 Å². The monoisotopic (exact) mass is 444 g/mol. The molecule has 0 saturated heterocycles. The summed E-state index contributed by atoms with van der Waals surface area (Å²) >= 11 is 6.33. The minimum absolute atomic E-state index is 0.0147. The zero-order valence-corrected chi connectivity index (χ0v) is 16.1. The number of pyridine rings is 1. The van der Waals surface area contributed by atoms with E-state index >= 15 is 0 Å².